The third-order valence-corrected chi connectivity index (χ3v) is 2.87. The summed E-state index contributed by atoms with van der Waals surface area (Å²) in [4.78, 5) is 22.1. The fourth-order valence-electron chi connectivity index (χ4n) is 1.66. The molecule has 0 fully saturated rings. The number of carbonyl (C=O) groups is 2. The van der Waals surface area contributed by atoms with E-state index in [2.05, 4.69) is 5.32 Å². The lowest BCUT2D eigenvalue weighted by atomic mass is 10.1. The minimum Gasteiger partial charge on any atom is -0.478 e. The first-order valence-electron chi connectivity index (χ1n) is 5.60. The Morgan fingerprint density at radius 3 is 2.15 bits per heavy atom. The number of anilines is 2. The molecule has 0 aliphatic carbocycles. The fraction of sp³-hybridized carbons (Fsp3) is 0. The van der Waals surface area contributed by atoms with Crippen LogP contribution in [0.2, 0.25) is 5.02 Å². The van der Waals surface area contributed by atoms with Gasteiger partial charge in [-0.2, -0.15) is 0 Å². The van der Waals surface area contributed by atoms with Crippen molar-refractivity contribution in [1.82, 2.24) is 0 Å². The molecule has 5 nitrogen and oxygen atoms in total. The summed E-state index contributed by atoms with van der Waals surface area (Å²) >= 11 is 5.76. The lowest BCUT2D eigenvalue weighted by molar-refractivity contribution is 0.0682. The van der Waals surface area contributed by atoms with E-state index in [1.807, 2.05) is 0 Å². The van der Waals surface area contributed by atoms with Gasteiger partial charge >= 0.3 is 11.9 Å². The van der Waals surface area contributed by atoms with E-state index >= 15 is 0 Å². The normalized spacial score (nSPS) is 10.1. The van der Waals surface area contributed by atoms with Gasteiger partial charge in [0.1, 0.15) is 0 Å². The van der Waals surface area contributed by atoms with Crippen molar-refractivity contribution < 1.29 is 19.8 Å². The molecule has 2 rings (SSSR count). The minimum atomic E-state index is -1.14. The van der Waals surface area contributed by atoms with Crippen LogP contribution in [-0.2, 0) is 0 Å². The van der Waals surface area contributed by atoms with Gasteiger partial charge in [-0.1, -0.05) is 11.6 Å². The van der Waals surface area contributed by atoms with Crippen molar-refractivity contribution >= 4 is 34.9 Å². The van der Waals surface area contributed by atoms with E-state index in [0.29, 0.717) is 10.7 Å². The molecule has 0 heterocycles. The second-order valence-corrected chi connectivity index (χ2v) is 4.44. The van der Waals surface area contributed by atoms with Crippen molar-refractivity contribution in [1.29, 1.82) is 0 Å². The smallest absolute Gasteiger partial charge is 0.337 e. The molecule has 3 N–H and O–H groups in total. The summed E-state index contributed by atoms with van der Waals surface area (Å²) in [6, 6.07) is 10.4. The van der Waals surface area contributed by atoms with Gasteiger partial charge in [-0.3, -0.25) is 0 Å². The van der Waals surface area contributed by atoms with Gasteiger partial charge in [-0.15, -0.1) is 0 Å². The Bertz CT molecular complexity index is 667. The summed E-state index contributed by atoms with van der Waals surface area (Å²) in [5, 5.41) is 21.5. The zero-order valence-corrected chi connectivity index (χ0v) is 10.9. The maximum atomic E-state index is 11.1. The van der Waals surface area contributed by atoms with Crippen molar-refractivity contribution in [3.05, 3.63) is 58.6 Å². The van der Waals surface area contributed by atoms with Crippen LogP contribution in [0.15, 0.2) is 42.5 Å². The predicted molar refractivity (Wildman–Crippen MR) is 75.1 cm³/mol. The quantitative estimate of drug-likeness (QED) is 0.803. The average Bonchev–Trinajstić information content (AvgIpc) is 2.41. The van der Waals surface area contributed by atoms with E-state index in [9.17, 15) is 9.59 Å². The lowest BCUT2D eigenvalue weighted by Crippen LogP contribution is -2.05. The maximum Gasteiger partial charge on any atom is 0.337 e. The number of carboxylic acids is 2. The van der Waals surface area contributed by atoms with Gasteiger partial charge in [-0.05, 0) is 42.5 Å². The monoisotopic (exact) mass is 291 g/mol. The molecule has 0 aliphatic heterocycles. The van der Waals surface area contributed by atoms with Crippen LogP contribution in [0.4, 0.5) is 11.4 Å². The zero-order chi connectivity index (χ0) is 14.7. The first kappa shape index (κ1) is 13.9. The summed E-state index contributed by atoms with van der Waals surface area (Å²) in [6.45, 7) is 0. The summed E-state index contributed by atoms with van der Waals surface area (Å²) in [6.07, 6.45) is 0. The molecule has 0 atom stereocenters. The second kappa shape index (κ2) is 5.63. The standard InChI is InChI=1S/C14H10ClNO4/c15-9-2-4-10(5-3-9)16-12-7-8(13(17)18)1-6-11(12)14(19)20/h1-7,16H,(H,17,18)(H,19,20). The second-order valence-electron chi connectivity index (χ2n) is 4.00. The molecule has 0 unspecified atom stereocenters. The van der Waals surface area contributed by atoms with E-state index in [0.717, 1.165) is 0 Å². The van der Waals surface area contributed by atoms with Crippen LogP contribution in [0.3, 0.4) is 0 Å². The molecule has 0 radical (unpaired) electrons. The molecule has 20 heavy (non-hydrogen) atoms. The zero-order valence-electron chi connectivity index (χ0n) is 10.1. The van der Waals surface area contributed by atoms with Crippen molar-refractivity contribution in [3.8, 4) is 0 Å². The van der Waals surface area contributed by atoms with Crippen molar-refractivity contribution in [2.45, 2.75) is 0 Å². The number of halogens is 1. The van der Waals surface area contributed by atoms with Gasteiger partial charge < -0.3 is 15.5 Å². The molecule has 0 spiro atoms. The van der Waals surface area contributed by atoms with Crippen molar-refractivity contribution in [2.75, 3.05) is 5.32 Å². The average molecular weight is 292 g/mol. The number of carboxylic acid groups (broad SMARTS) is 2. The number of nitrogens with one attached hydrogen (secondary N) is 1. The molecule has 0 bridgehead atoms. The van der Waals surface area contributed by atoms with Crippen molar-refractivity contribution in [3.63, 3.8) is 0 Å². The Balaban J connectivity index is 2.41. The Morgan fingerprint density at radius 1 is 0.950 bits per heavy atom. The molecule has 6 heteroatoms. The lowest BCUT2D eigenvalue weighted by Gasteiger charge is -2.10. The number of aromatic carboxylic acids is 2. The molecular formula is C14H10ClNO4. The number of hydrogen-bond donors (Lipinski definition) is 3. The molecule has 0 saturated carbocycles. The van der Waals surface area contributed by atoms with Crippen LogP contribution in [0, 0.1) is 0 Å². The van der Waals surface area contributed by atoms with Crippen LogP contribution in [-0.4, -0.2) is 22.2 Å². The first-order chi connectivity index (χ1) is 9.47. The van der Waals surface area contributed by atoms with Crippen molar-refractivity contribution in [2.24, 2.45) is 0 Å². The molecule has 0 aliphatic rings. The highest BCUT2D eigenvalue weighted by molar-refractivity contribution is 6.30. The van der Waals surface area contributed by atoms with Crippen LogP contribution < -0.4 is 5.32 Å². The van der Waals surface area contributed by atoms with Gasteiger partial charge in [0.15, 0.2) is 0 Å². The highest BCUT2D eigenvalue weighted by Gasteiger charge is 2.13. The largest absolute Gasteiger partial charge is 0.478 e. The van der Waals surface area contributed by atoms with Crippen LogP contribution in [0.1, 0.15) is 20.7 Å². The number of benzene rings is 2. The Labute approximate surface area is 119 Å². The van der Waals surface area contributed by atoms with Crippen LogP contribution in [0.5, 0.6) is 0 Å². The third kappa shape index (κ3) is 3.07. The number of rotatable bonds is 4. The third-order valence-electron chi connectivity index (χ3n) is 2.62. The van der Waals surface area contributed by atoms with E-state index in [-0.39, 0.29) is 16.8 Å². The SMILES string of the molecule is O=C(O)c1ccc(C(=O)O)c(Nc2ccc(Cl)cc2)c1. The minimum absolute atomic E-state index is 0.00598. The Morgan fingerprint density at radius 2 is 1.60 bits per heavy atom. The summed E-state index contributed by atoms with van der Waals surface area (Å²) in [5.41, 5.74) is 0.815. The summed E-state index contributed by atoms with van der Waals surface area (Å²) < 4.78 is 0. The topological polar surface area (TPSA) is 86.6 Å². The van der Waals surface area contributed by atoms with Gasteiger partial charge in [-0.25, -0.2) is 9.59 Å². The molecule has 2 aromatic carbocycles. The molecule has 0 amide bonds. The maximum absolute atomic E-state index is 11.1. The Kier molecular flexibility index (Phi) is 3.91. The fourth-order valence-corrected chi connectivity index (χ4v) is 1.78. The van der Waals surface area contributed by atoms with Gasteiger partial charge in [0.2, 0.25) is 0 Å². The molecule has 0 aromatic heterocycles. The predicted octanol–water partition coefficient (Wildman–Crippen LogP) is 3.48. The van der Waals surface area contributed by atoms with E-state index in [4.69, 9.17) is 21.8 Å². The molecule has 2 aromatic rings. The van der Waals surface area contributed by atoms with Gasteiger partial charge in [0, 0.05) is 10.7 Å². The highest BCUT2D eigenvalue weighted by Crippen LogP contribution is 2.24. The summed E-state index contributed by atoms with van der Waals surface area (Å²) in [5.74, 6) is -2.26. The number of hydrogen-bond acceptors (Lipinski definition) is 3. The van der Waals surface area contributed by atoms with E-state index in [1.54, 1.807) is 24.3 Å². The van der Waals surface area contributed by atoms with E-state index < -0.39 is 11.9 Å². The molecule has 102 valence electrons. The van der Waals surface area contributed by atoms with Crippen LogP contribution >= 0.6 is 11.6 Å². The van der Waals surface area contributed by atoms with Crippen LogP contribution in [0.25, 0.3) is 0 Å². The van der Waals surface area contributed by atoms with E-state index in [1.165, 1.54) is 18.2 Å². The molecular weight excluding hydrogens is 282 g/mol. The Hall–Kier alpha value is -2.53. The summed E-state index contributed by atoms with van der Waals surface area (Å²) in [7, 11) is 0. The van der Waals surface area contributed by atoms with Gasteiger partial charge in [0.05, 0.1) is 16.8 Å². The highest BCUT2D eigenvalue weighted by atomic mass is 35.5. The first-order valence-corrected chi connectivity index (χ1v) is 5.98. The van der Waals surface area contributed by atoms with Gasteiger partial charge in [0.25, 0.3) is 0 Å². The molecule has 0 saturated heterocycles.